The SMILES string of the molecule is COc1ccc(F)cc1COC(=O)[C@@H]1CS[C@]2(c3ccccc3)CCC(=O)N12. The van der Waals surface area contributed by atoms with Gasteiger partial charge in [-0.05, 0) is 30.2 Å². The van der Waals surface area contributed by atoms with E-state index < -0.39 is 22.7 Å². The maximum atomic E-state index is 13.5. The molecular weight excluding hydrogens is 381 g/mol. The average Bonchev–Trinajstić information content (AvgIpc) is 3.26. The quantitative estimate of drug-likeness (QED) is 0.718. The molecule has 146 valence electrons. The zero-order chi connectivity index (χ0) is 19.7. The Hall–Kier alpha value is -2.54. The third-order valence-corrected chi connectivity index (χ3v) is 6.83. The van der Waals surface area contributed by atoms with Crippen molar-refractivity contribution in [3.05, 3.63) is 65.5 Å². The predicted octanol–water partition coefficient (Wildman–Crippen LogP) is 3.47. The van der Waals surface area contributed by atoms with Gasteiger partial charge in [0.25, 0.3) is 0 Å². The van der Waals surface area contributed by atoms with E-state index in [-0.39, 0.29) is 12.5 Å². The molecule has 2 saturated heterocycles. The van der Waals surface area contributed by atoms with Crippen molar-refractivity contribution in [3.8, 4) is 5.75 Å². The van der Waals surface area contributed by atoms with Crippen LogP contribution in [0, 0.1) is 5.82 Å². The van der Waals surface area contributed by atoms with Gasteiger partial charge in [-0.1, -0.05) is 30.3 Å². The molecule has 0 radical (unpaired) electrons. The van der Waals surface area contributed by atoms with Crippen LogP contribution in [0.1, 0.15) is 24.0 Å². The lowest BCUT2D eigenvalue weighted by molar-refractivity contribution is -0.155. The Balaban J connectivity index is 1.53. The third kappa shape index (κ3) is 3.13. The van der Waals surface area contributed by atoms with E-state index in [0.717, 1.165) is 5.56 Å². The van der Waals surface area contributed by atoms with Gasteiger partial charge >= 0.3 is 5.97 Å². The van der Waals surface area contributed by atoms with Gasteiger partial charge in [0, 0.05) is 17.7 Å². The number of methoxy groups -OCH3 is 1. The first-order valence-electron chi connectivity index (χ1n) is 9.06. The van der Waals surface area contributed by atoms with Crippen LogP contribution in [-0.4, -0.2) is 35.7 Å². The summed E-state index contributed by atoms with van der Waals surface area (Å²) in [5, 5.41) is 0. The molecule has 2 aromatic carbocycles. The summed E-state index contributed by atoms with van der Waals surface area (Å²) in [6, 6.07) is 13.2. The van der Waals surface area contributed by atoms with Crippen LogP contribution < -0.4 is 4.74 Å². The lowest BCUT2D eigenvalue weighted by Gasteiger charge is -2.33. The van der Waals surface area contributed by atoms with Crippen LogP contribution in [0.2, 0.25) is 0 Å². The minimum Gasteiger partial charge on any atom is -0.496 e. The van der Waals surface area contributed by atoms with Gasteiger partial charge < -0.3 is 14.4 Å². The maximum Gasteiger partial charge on any atom is 0.330 e. The number of hydrogen-bond donors (Lipinski definition) is 0. The van der Waals surface area contributed by atoms with Crippen LogP contribution in [0.25, 0.3) is 0 Å². The maximum absolute atomic E-state index is 13.5. The van der Waals surface area contributed by atoms with E-state index in [9.17, 15) is 14.0 Å². The number of hydrogen-bond acceptors (Lipinski definition) is 5. The lowest BCUT2D eigenvalue weighted by Crippen LogP contribution is -2.46. The van der Waals surface area contributed by atoms with Crippen LogP contribution >= 0.6 is 11.8 Å². The Bertz CT molecular complexity index is 907. The van der Waals surface area contributed by atoms with Crippen LogP contribution in [0.5, 0.6) is 5.75 Å². The van der Waals surface area contributed by atoms with Crippen molar-refractivity contribution in [2.24, 2.45) is 0 Å². The van der Waals surface area contributed by atoms with Crippen LogP contribution in [0.15, 0.2) is 48.5 Å². The van der Waals surface area contributed by atoms with E-state index in [1.807, 2.05) is 30.3 Å². The second kappa shape index (κ2) is 7.47. The van der Waals surface area contributed by atoms with Gasteiger partial charge in [-0.25, -0.2) is 9.18 Å². The van der Waals surface area contributed by atoms with Crippen molar-refractivity contribution in [2.45, 2.75) is 30.4 Å². The molecule has 2 aliphatic rings. The van der Waals surface area contributed by atoms with Crippen LogP contribution in [0.4, 0.5) is 4.39 Å². The Kier molecular flexibility index (Phi) is 5.02. The lowest BCUT2D eigenvalue weighted by atomic mass is 10.0. The normalized spacial score (nSPS) is 23.6. The highest BCUT2D eigenvalue weighted by molar-refractivity contribution is 8.00. The van der Waals surface area contributed by atoms with Crippen molar-refractivity contribution in [3.63, 3.8) is 0 Å². The fourth-order valence-corrected chi connectivity index (χ4v) is 5.56. The van der Waals surface area contributed by atoms with Crippen LogP contribution in [0.3, 0.4) is 0 Å². The summed E-state index contributed by atoms with van der Waals surface area (Å²) in [7, 11) is 1.48. The molecule has 0 N–H and O–H groups in total. The Labute approximate surface area is 166 Å². The van der Waals surface area contributed by atoms with Gasteiger partial charge in [0.2, 0.25) is 5.91 Å². The molecule has 5 nitrogen and oxygen atoms in total. The van der Waals surface area contributed by atoms with E-state index in [1.54, 1.807) is 16.7 Å². The number of fused-ring (bicyclic) bond motifs is 1. The van der Waals surface area contributed by atoms with Gasteiger partial charge in [0.15, 0.2) is 0 Å². The summed E-state index contributed by atoms with van der Waals surface area (Å²) in [5.74, 6) is -0.0299. The minimum atomic E-state index is -0.653. The van der Waals surface area contributed by atoms with Gasteiger partial charge in [0.05, 0.1) is 7.11 Å². The first-order chi connectivity index (χ1) is 13.5. The molecule has 1 amide bonds. The number of thioether (sulfide) groups is 1. The Morgan fingerprint density at radius 2 is 2.07 bits per heavy atom. The molecule has 0 bridgehead atoms. The van der Waals surface area contributed by atoms with E-state index in [1.165, 1.54) is 25.3 Å². The molecule has 0 aromatic heterocycles. The largest absolute Gasteiger partial charge is 0.496 e. The molecule has 7 heteroatoms. The van der Waals surface area contributed by atoms with E-state index in [4.69, 9.17) is 9.47 Å². The average molecular weight is 401 g/mol. The Morgan fingerprint density at radius 1 is 1.29 bits per heavy atom. The number of carbonyl (C=O) groups is 2. The highest BCUT2D eigenvalue weighted by Gasteiger charge is 2.57. The highest BCUT2D eigenvalue weighted by atomic mass is 32.2. The standard InChI is InChI=1S/C21H20FNO4S/c1-26-18-8-7-16(22)11-14(18)12-27-20(25)17-13-28-21(10-9-19(24)23(17)21)15-5-3-2-4-6-15/h2-8,11,17H,9-10,12-13H2,1H3/t17-,21-/m0/s1. The summed E-state index contributed by atoms with van der Waals surface area (Å²) >= 11 is 1.61. The van der Waals surface area contributed by atoms with E-state index >= 15 is 0 Å². The molecule has 2 fully saturated rings. The van der Waals surface area contributed by atoms with E-state index in [2.05, 4.69) is 0 Å². The molecular formula is C21H20FNO4S. The van der Waals surface area contributed by atoms with Gasteiger partial charge in [-0.15, -0.1) is 11.8 Å². The minimum absolute atomic E-state index is 0.0425. The second-order valence-corrected chi connectivity index (χ2v) is 8.10. The molecule has 0 aliphatic carbocycles. The topological polar surface area (TPSA) is 55.8 Å². The van der Waals surface area contributed by atoms with Crippen molar-refractivity contribution in [2.75, 3.05) is 12.9 Å². The molecule has 0 unspecified atom stereocenters. The summed E-state index contributed by atoms with van der Waals surface area (Å²) in [6.07, 6.45) is 1.07. The molecule has 0 saturated carbocycles. The Morgan fingerprint density at radius 3 is 2.82 bits per heavy atom. The number of benzene rings is 2. The molecule has 2 aliphatic heterocycles. The fraction of sp³-hybridized carbons (Fsp3) is 0.333. The smallest absolute Gasteiger partial charge is 0.330 e. The molecule has 2 atom stereocenters. The molecule has 2 aromatic rings. The number of nitrogens with zero attached hydrogens (tertiary/aromatic N) is 1. The summed E-state index contributed by atoms with van der Waals surface area (Å²) in [4.78, 5) is 26.6. The van der Waals surface area contributed by atoms with Crippen molar-refractivity contribution in [1.82, 2.24) is 4.90 Å². The number of halogens is 1. The molecule has 2 heterocycles. The van der Waals surface area contributed by atoms with Crippen molar-refractivity contribution >= 4 is 23.6 Å². The van der Waals surface area contributed by atoms with E-state index in [0.29, 0.717) is 29.9 Å². The first kappa shape index (κ1) is 18.8. The summed E-state index contributed by atoms with van der Waals surface area (Å²) < 4.78 is 24.2. The predicted molar refractivity (Wildman–Crippen MR) is 103 cm³/mol. The number of rotatable bonds is 5. The van der Waals surface area contributed by atoms with Crippen LogP contribution in [-0.2, 0) is 25.8 Å². The van der Waals surface area contributed by atoms with Gasteiger partial charge in [0.1, 0.15) is 29.1 Å². The number of esters is 1. The second-order valence-electron chi connectivity index (χ2n) is 6.80. The number of ether oxygens (including phenoxy) is 2. The zero-order valence-corrected chi connectivity index (χ0v) is 16.2. The summed E-state index contributed by atoms with van der Waals surface area (Å²) in [6.45, 7) is -0.110. The third-order valence-electron chi connectivity index (χ3n) is 5.24. The first-order valence-corrected chi connectivity index (χ1v) is 10.0. The van der Waals surface area contributed by atoms with Gasteiger partial charge in [-0.3, -0.25) is 4.79 Å². The molecule has 0 spiro atoms. The zero-order valence-electron chi connectivity index (χ0n) is 15.4. The van der Waals surface area contributed by atoms with Crippen molar-refractivity contribution < 1.29 is 23.5 Å². The fourth-order valence-electron chi connectivity index (χ4n) is 3.92. The van der Waals surface area contributed by atoms with Gasteiger partial charge in [-0.2, -0.15) is 0 Å². The number of amides is 1. The number of carbonyl (C=O) groups excluding carboxylic acids is 2. The highest BCUT2D eigenvalue weighted by Crippen LogP contribution is 2.54. The summed E-state index contributed by atoms with van der Waals surface area (Å²) in [5.41, 5.74) is 1.47. The molecule has 4 rings (SSSR count). The monoisotopic (exact) mass is 401 g/mol. The van der Waals surface area contributed by atoms with Crippen molar-refractivity contribution in [1.29, 1.82) is 0 Å². The molecule has 28 heavy (non-hydrogen) atoms.